The van der Waals surface area contributed by atoms with E-state index in [0.717, 1.165) is 23.1 Å². The van der Waals surface area contributed by atoms with E-state index in [1.807, 2.05) is 47.9 Å². The van der Waals surface area contributed by atoms with Crippen LogP contribution < -0.4 is 5.32 Å². The van der Waals surface area contributed by atoms with Gasteiger partial charge in [0.2, 0.25) is 5.95 Å². The molecule has 0 saturated heterocycles. The molecule has 0 bridgehead atoms. The van der Waals surface area contributed by atoms with Gasteiger partial charge in [0.15, 0.2) is 0 Å². The van der Waals surface area contributed by atoms with Crippen LogP contribution in [0.25, 0.3) is 16.7 Å². The van der Waals surface area contributed by atoms with Crippen LogP contribution in [0, 0.1) is 0 Å². The maximum absolute atomic E-state index is 12.9. The number of fused-ring (bicyclic) bond motifs is 1. The van der Waals surface area contributed by atoms with Crippen LogP contribution in [-0.4, -0.2) is 38.5 Å². The van der Waals surface area contributed by atoms with E-state index in [0.29, 0.717) is 36.3 Å². The number of anilines is 1. The molecule has 7 nitrogen and oxygen atoms in total. The Balaban J connectivity index is 1.56. The fraction of sp³-hybridized carbons (Fsp3) is 0.227. The predicted octanol–water partition coefficient (Wildman–Crippen LogP) is 4.55. The molecule has 0 aliphatic rings. The van der Waals surface area contributed by atoms with Crippen molar-refractivity contribution in [2.45, 2.75) is 19.9 Å². The number of aryl methyl sites for hydroxylation is 1. The summed E-state index contributed by atoms with van der Waals surface area (Å²) in [7, 11) is 0. The van der Waals surface area contributed by atoms with Crippen LogP contribution in [-0.2, 0) is 11.3 Å². The maximum atomic E-state index is 12.9. The number of hydrogen-bond donors (Lipinski definition) is 1. The summed E-state index contributed by atoms with van der Waals surface area (Å²) in [6.45, 7) is 4.01. The number of carbonyl (C=O) groups is 1. The summed E-state index contributed by atoms with van der Waals surface area (Å²) in [5.41, 5.74) is 3.02. The number of imidazole rings is 1. The van der Waals surface area contributed by atoms with Crippen molar-refractivity contribution in [3.8, 4) is 5.69 Å². The first-order chi connectivity index (χ1) is 14.7. The Morgan fingerprint density at radius 3 is 2.90 bits per heavy atom. The molecule has 4 rings (SSSR count). The van der Waals surface area contributed by atoms with Crippen molar-refractivity contribution in [2.24, 2.45) is 0 Å². The van der Waals surface area contributed by atoms with Gasteiger partial charge in [-0.25, -0.2) is 9.67 Å². The van der Waals surface area contributed by atoms with Crippen LogP contribution in [0.5, 0.6) is 0 Å². The zero-order valence-corrected chi connectivity index (χ0v) is 17.3. The first-order valence-corrected chi connectivity index (χ1v) is 10.2. The number of hydrogen-bond acceptors (Lipinski definition) is 4. The van der Waals surface area contributed by atoms with Crippen molar-refractivity contribution in [3.05, 3.63) is 71.5 Å². The van der Waals surface area contributed by atoms with Gasteiger partial charge in [0.25, 0.3) is 5.91 Å². The molecule has 0 radical (unpaired) electrons. The molecule has 8 heteroatoms. The van der Waals surface area contributed by atoms with E-state index in [-0.39, 0.29) is 5.91 Å². The number of amides is 1. The Morgan fingerprint density at radius 2 is 2.07 bits per heavy atom. The van der Waals surface area contributed by atoms with Crippen LogP contribution >= 0.6 is 11.6 Å². The van der Waals surface area contributed by atoms with E-state index in [2.05, 4.69) is 15.4 Å². The summed E-state index contributed by atoms with van der Waals surface area (Å²) in [5.74, 6) is 0.234. The van der Waals surface area contributed by atoms with Crippen molar-refractivity contribution < 1.29 is 9.53 Å². The molecule has 0 unspecified atom stereocenters. The SMILES string of the molecule is CCOCCCn1c(NC(=O)c2cnn(-c3cccc(Cl)c3)c2)nc2ccccc21. The van der Waals surface area contributed by atoms with Gasteiger partial charge < -0.3 is 9.30 Å². The van der Waals surface area contributed by atoms with Crippen LogP contribution in [0.3, 0.4) is 0 Å². The third-order valence-corrected chi connectivity index (χ3v) is 4.91. The van der Waals surface area contributed by atoms with Crippen molar-refractivity contribution >= 4 is 34.5 Å². The lowest BCUT2D eigenvalue weighted by atomic mass is 10.3. The fourth-order valence-corrected chi connectivity index (χ4v) is 3.42. The molecule has 0 fully saturated rings. The Kier molecular flexibility index (Phi) is 6.11. The van der Waals surface area contributed by atoms with Crippen molar-refractivity contribution in [1.29, 1.82) is 0 Å². The van der Waals surface area contributed by atoms with Gasteiger partial charge in [-0.05, 0) is 43.7 Å². The number of rotatable bonds is 8. The molecule has 30 heavy (non-hydrogen) atoms. The highest BCUT2D eigenvalue weighted by atomic mass is 35.5. The van der Waals surface area contributed by atoms with E-state index in [9.17, 15) is 4.79 Å². The first kappa shape index (κ1) is 20.1. The van der Waals surface area contributed by atoms with Gasteiger partial charge in [-0.1, -0.05) is 29.8 Å². The summed E-state index contributed by atoms with van der Waals surface area (Å²) in [6.07, 6.45) is 4.02. The molecule has 0 atom stereocenters. The zero-order chi connectivity index (χ0) is 20.9. The smallest absolute Gasteiger partial charge is 0.261 e. The van der Waals surface area contributed by atoms with E-state index in [1.54, 1.807) is 23.0 Å². The molecule has 0 aliphatic heterocycles. The third kappa shape index (κ3) is 4.37. The molecular weight excluding hydrogens is 402 g/mol. The largest absolute Gasteiger partial charge is 0.382 e. The normalized spacial score (nSPS) is 11.1. The van der Waals surface area contributed by atoms with Crippen molar-refractivity contribution in [2.75, 3.05) is 18.5 Å². The Morgan fingerprint density at radius 1 is 1.20 bits per heavy atom. The quantitative estimate of drug-likeness (QED) is 0.422. The van der Waals surface area contributed by atoms with Gasteiger partial charge >= 0.3 is 0 Å². The monoisotopic (exact) mass is 423 g/mol. The number of para-hydroxylation sites is 2. The van der Waals surface area contributed by atoms with E-state index in [1.165, 1.54) is 6.20 Å². The van der Waals surface area contributed by atoms with Gasteiger partial charge in [0, 0.05) is 31.0 Å². The molecular formula is C22H22ClN5O2. The molecule has 2 heterocycles. The molecule has 0 spiro atoms. The molecule has 4 aromatic rings. The number of benzene rings is 2. The highest BCUT2D eigenvalue weighted by molar-refractivity contribution is 6.30. The minimum absolute atomic E-state index is 0.273. The molecule has 0 saturated carbocycles. The lowest BCUT2D eigenvalue weighted by molar-refractivity contribution is 0.102. The minimum atomic E-state index is -0.273. The standard InChI is InChI=1S/C22H22ClN5O2/c1-2-30-12-6-11-27-20-10-4-3-9-19(20)25-22(27)26-21(29)16-14-24-28(15-16)18-8-5-7-17(23)13-18/h3-5,7-10,13-15H,2,6,11-12H2,1H3,(H,25,26,29). The van der Waals surface area contributed by atoms with Gasteiger partial charge in [0.05, 0.1) is 28.5 Å². The Labute approximate surface area is 179 Å². The molecule has 2 aromatic heterocycles. The second-order valence-electron chi connectivity index (χ2n) is 6.73. The van der Waals surface area contributed by atoms with Gasteiger partial charge in [-0.15, -0.1) is 0 Å². The lowest BCUT2D eigenvalue weighted by Gasteiger charge is -2.09. The van der Waals surface area contributed by atoms with E-state index >= 15 is 0 Å². The zero-order valence-electron chi connectivity index (χ0n) is 16.6. The summed E-state index contributed by atoms with van der Waals surface area (Å²) in [6, 6.07) is 15.1. The molecule has 2 aromatic carbocycles. The van der Waals surface area contributed by atoms with E-state index in [4.69, 9.17) is 16.3 Å². The Bertz CT molecular complexity index is 1170. The van der Waals surface area contributed by atoms with Crippen LogP contribution in [0.15, 0.2) is 60.9 Å². The van der Waals surface area contributed by atoms with Crippen LogP contribution in [0.1, 0.15) is 23.7 Å². The molecule has 1 N–H and O–H groups in total. The number of carbonyl (C=O) groups excluding carboxylic acids is 1. The maximum Gasteiger partial charge on any atom is 0.261 e. The number of halogens is 1. The molecule has 154 valence electrons. The summed E-state index contributed by atoms with van der Waals surface area (Å²) >= 11 is 6.05. The number of nitrogens with zero attached hydrogens (tertiary/aromatic N) is 4. The molecule has 1 amide bonds. The van der Waals surface area contributed by atoms with Crippen molar-refractivity contribution in [3.63, 3.8) is 0 Å². The minimum Gasteiger partial charge on any atom is -0.382 e. The lowest BCUT2D eigenvalue weighted by Crippen LogP contribution is -2.16. The summed E-state index contributed by atoms with van der Waals surface area (Å²) in [5, 5.41) is 7.81. The fourth-order valence-electron chi connectivity index (χ4n) is 3.24. The highest BCUT2D eigenvalue weighted by Crippen LogP contribution is 2.21. The number of nitrogens with one attached hydrogen (secondary N) is 1. The van der Waals surface area contributed by atoms with Crippen molar-refractivity contribution in [1.82, 2.24) is 19.3 Å². The number of aromatic nitrogens is 4. The summed E-state index contributed by atoms with van der Waals surface area (Å²) < 4.78 is 9.07. The van der Waals surface area contributed by atoms with Gasteiger partial charge in [-0.2, -0.15) is 5.10 Å². The van der Waals surface area contributed by atoms with Crippen LogP contribution in [0.4, 0.5) is 5.95 Å². The topological polar surface area (TPSA) is 74.0 Å². The van der Waals surface area contributed by atoms with E-state index < -0.39 is 0 Å². The van der Waals surface area contributed by atoms with Crippen LogP contribution in [0.2, 0.25) is 5.02 Å². The van der Waals surface area contributed by atoms with Gasteiger partial charge in [-0.3, -0.25) is 10.1 Å². The number of ether oxygens (including phenoxy) is 1. The Hall–Kier alpha value is -3.16. The molecule has 0 aliphatic carbocycles. The first-order valence-electron chi connectivity index (χ1n) is 9.80. The average Bonchev–Trinajstić information content (AvgIpc) is 3.37. The third-order valence-electron chi connectivity index (χ3n) is 4.67. The summed E-state index contributed by atoms with van der Waals surface area (Å²) in [4.78, 5) is 17.5. The second kappa shape index (κ2) is 9.11. The second-order valence-corrected chi connectivity index (χ2v) is 7.17. The predicted molar refractivity (Wildman–Crippen MR) is 117 cm³/mol. The highest BCUT2D eigenvalue weighted by Gasteiger charge is 2.16. The van der Waals surface area contributed by atoms with Gasteiger partial charge in [0.1, 0.15) is 0 Å². The average molecular weight is 424 g/mol.